The van der Waals surface area contributed by atoms with Gasteiger partial charge in [0.1, 0.15) is 0 Å². The molecule has 2 aromatic carbocycles. The third-order valence-electron chi connectivity index (χ3n) is 2.36. The second-order valence-electron chi connectivity index (χ2n) is 3.40. The molecule has 0 fully saturated rings. The third-order valence-corrected chi connectivity index (χ3v) is 2.36. The average molecular weight is 201 g/mol. The van der Waals surface area contributed by atoms with Crippen LogP contribution in [0.1, 0.15) is 17.3 Å². The Kier molecular flexibility index (Phi) is 2.68. The molecule has 76 valence electrons. The third kappa shape index (κ3) is 1.99. The van der Waals surface area contributed by atoms with Crippen LogP contribution in [0.3, 0.4) is 0 Å². The molecule has 1 nitrogen and oxygen atoms in total. The molecule has 0 aliphatic rings. The number of halogens is 1. The standard InChI is InChI=1S/C13H12FN/c14-13(10-6-2-1-3-7-10)11-8-4-5-9-12(11)15/h1-9,13H,15H2. The van der Waals surface area contributed by atoms with Crippen molar-refractivity contribution in [2.45, 2.75) is 6.17 Å². The minimum Gasteiger partial charge on any atom is -0.398 e. The minimum absolute atomic E-state index is 0.494. The van der Waals surface area contributed by atoms with E-state index in [0.29, 0.717) is 16.8 Å². The number of para-hydroxylation sites is 1. The Bertz CT molecular complexity index is 439. The normalized spacial score (nSPS) is 12.3. The quantitative estimate of drug-likeness (QED) is 0.741. The fourth-order valence-corrected chi connectivity index (χ4v) is 1.54. The van der Waals surface area contributed by atoms with E-state index < -0.39 is 6.17 Å². The second-order valence-corrected chi connectivity index (χ2v) is 3.40. The highest BCUT2D eigenvalue weighted by atomic mass is 19.1. The van der Waals surface area contributed by atoms with Crippen molar-refractivity contribution in [3.63, 3.8) is 0 Å². The fraction of sp³-hybridized carbons (Fsp3) is 0.0769. The maximum absolute atomic E-state index is 14.0. The van der Waals surface area contributed by atoms with Gasteiger partial charge in [-0.25, -0.2) is 4.39 Å². The number of rotatable bonds is 2. The van der Waals surface area contributed by atoms with Crippen LogP contribution in [0.5, 0.6) is 0 Å². The first-order chi connectivity index (χ1) is 7.29. The molecule has 0 aliphatic carbocycles. The van der Waals surface area contributed by atoms with Crippen LogP contribution in [0, 0.1) is 0 Å². The van der Waals surface area contributed by atoms with Gasteiger partial charge >= 0.3 is 0 Å². The van der Waals surface area contributed by atoms with Gasteiger partial charge in [-0.1, -0.05) is 48.5 Å². The Morgan fingerprint density at radius 3 is 2.13 bits per heavy atom. The van der Waals surface area contributed by atoms with Crippen LogP contribution in [-0.4, -0.2) is 0 Å². The lowest BCUT2D eigenvalue weighted by molar-refractivity contribution is 0.403. The van der Waals surface area contributed by atoms with Crippen molar-refractivity contribution in [1.29, 1.82) is 0 Å². The maximum atomic E-state index is 14.0. The first-order valence-electron chi connectivity index (χ1n) is 4.82. The van der Waals surface area contributed by atoms with E-state index in [9.17, 15) is 4.39 Å². The largest absolute Gasteiger partial charge is 0.398 e. The molecule has 2 heteroatoms. The second kappa shape index (κ2) is 4.13. The Labute approximate surface area is 88.4 Å². The molecule has 0 heterocycles. The average Bonchev–Trinajstić information content (AvgIpc) is 2.30. The molecule has 2 rings (SSSR count). The zero-order valence-corrected chi connectivity index (χ0v) is 8.23. The Hall–Kier alpha value is -1.83. The lowest BCUT2D eigenvalue weighted by Gasteiger charge is -2.10. The molecule has 0 saturated heterocycles. The van der Waals surface area contributed by atoms with Gasteiger partial charge in [0.15, 0.2) is 6.17 Å². The van der Waals surface area contributed by atoms with Gasteiger partial charge in [-0.15, -0.1) is 0 Å². The predicted molar refractivity (Wildman–Crippen MR) is 60.2 cm³/mol. The molecule has 0 aromatic heterocycles. The highest BCUT2D eigenvalue weighted by Gasteiger charge is 2.13. The summed E-state index contributed by atoms with van der Waals surface area (Å²) in [6.45, 7) is 0. The molecule has 0 aliphatic heterocycles. The molecule has 15 heavy (non-hydrogen) atoms. The monoisotopic (exact) mass is 201 g/mol. The van der Waals surface area contributed by atoms with Crippen molar-refractivity contribution in [3.8, 4) is 0 Å². The van der Waals surface area contributed by atoms with Crippen LogP contribution in [-0.2, 0) is 0 Å². The zero-order chi connectivity index (χ0) is 10.7. The summed E-state index contributed by atoms with van der Waals surface area (Å²) < 4.78 is 14.0. The van der Waals surface area contributed by atoms with E-state index in [1.54, 1.807) is 36.4 Å². The Morgan fingerprint density at radius 1 is 0.867 bits per heavy atom. The van der Waals surface area contributed by atoms with Gasteiger partial charge in [0.25, 0.3) is 0 Å². The summed E-state index contributed by atoms with van der Waals surface area (Å²) >= 11 is 0. The van der Waals surface area contributed by atoms with Gasteiger partial charge in [-0.2, -0.15) is 0 Å². The predicted octanol–water partition coefficient (Wildman–Crippen LogP) is 3.33. The summed E-state index contributed by atoms with van der Waals surface area (Å²) in [6, 6.07) is 16.1. The number of hydrogen-bond donors (Lipinski definition) is 1. The van der Waals surface area contributed by atoms with Crippen LogP contribution in [0.25, 0.3) is 0 Å². The van der Waals surface area contributed by atoms with E-state index in [4.69, 9.17) is 5.73 Å². The van der Waals surface area contributed by atoms with E-state index in [0.717, 1.165) is 0 Å². The van der Waals surface area contributed by atoms with Gasteiger partial charge in [0.05, 0.1) is 0 Å². The lowest BCUT2D eigenvalue weighted by Crippen LogP contribution is -1.99. The molecule has 1 atom stereocenters. The van der Waals surface area contributed by atoms with Gasteiger partial charge in [0, 0.05) is 11.3 Å². The molecular weight excluding hydrogens is 189 g/mol. The van der Waals surface area contributed by atoms with Crippen molar-refractivity contribution in [1.82, 2.24) is 0 Å². The smallest absolute Gasteiger partial charge is 0.152 e. The SMILES string of the molecule is Nc1ccccc1C(F)c1ccccc1. The molecular formula is C13H12FN. The summed E-state index contributed by atoms with van der Waals surface area (Å²) in [5.41, 5.74) is 7.38. The summed E-state index contributed by atoms with van der Waals surface area (Å²) in [5, 5.41) is 0. The minimum atomic E-state index is -1.15. The summed E-state index contributed by atoms with van der Waals surface area (Å²) in [7, 11) is 0. The zero-order valence-electron chi connectivity index (χ0n) is 8.23. The summed E-state index contributed by atoms with van der Waals surface area (Å²) in [5.74, 6) is 0. The maximum Gasteiger partial charge on any atom is 0.152 e. The van der Waals surface area contributed by atoms with E-state index in [1.807, 2.05) is 18.2 Å². The van der Waals surface area contributed by atoms with Crippen LogP contribution in [0.4, 0.5) is 10.1 Å². The number of hydrogen-bond acceptors (Lipinski definition) is 1. The van der Waals surface area contributed by atoms with Crippen LogP contribution in [0.15, 0.2) is 54.6 Å². The van der Waals surface area contributed by atoms with E-state index >= 15 is 0 Å². The van der Waals surface area contributed by atoms with Crippen molar-refractivity contribution < 1.29 is 4.39 Å². The first-order valence-corrected chi connectivity index (χ1v) is 4.82. The molecule has 0 radical (unpaired) electrons. The highest BCUT2D eigenvalue weighted by molar-refractivity contribution is 5.50. The van der Waals surface area contributed by atoms with Gasteiger partial charge in [-0.05, 0) is 11.6 Å². The fourth-order valence-electron chi connectivity index (χ4n) is 1.54. The van der Waals surface area contributed by atoms with Gasteiger partial charge < -0.3 is 5.73 Å². The van der Waals surface area contributed by atoms with E-state index in [2.05, 4.69) is 0 Å². The van der Waals surface area contributed by atoms with Crippen LogP contribution < -0.4 is 5.73 Å². The van der Waals surface area contributed by atoms with Crippen LogP contribution in [0.2, 0.25) is 0 Å². The molecule has 0 saturated carbocycles. The summed E-state index contributed by atoms with van der Waals surface area (Å²) in [4.78, 5) is 0. The molecule has 2 aromatic rings. The first kappa shape index (κ1) is 9.71. The lowest BCUT2D eigenvalue weighted by atomic mass is 10.0. The number of nitrogen functional groups attached to an aromatic ring is 1. The topological polar surface area (TPSA) is 26.0 Å². The number of alkyl halides is 1. The Morgan fingerprint density at radius 2 is 1.47 bits per heavy atom. The highest BCUT2D eigenvalue weighted by Crippen LogP contribution is 2.29. The van der Waals surface area contributed by atoms with Crippen LogP contribution >= 0.6 is 0 Å². The molecule has 0 amide bonds. The number of anilines is 1. The molecule has 2 N–H and O–H groups in total. The molecule has 0 spiro atoms. The van der Waals surface area contributed by atoms with E-state index in [1.165, 1.54) is 0 Å². The number of nitrogens with two attached hydrogens (primary N) is 1. The van der Waals surface area contributed by atoms with E-state index in [-0.39, 0.29) is 0 Å². The van der Waals surface area contributed by atoms with Gasteiger partial charge in [0.2, 0.25) is 0 Å². The van der Waals surface area contributed by atoms with Crippen molar-refractivity contribution >= 4 is 5.69 Å². The molecule has 0 bridgehead atoms. The Balaban J connectivity index is 2.37. The van der Waals surface area contributed by atoms with Gasteiger partial charge in [-0.3, -0.25) is 0 Å². The number of benzene rings is 2. The summed E-state index contributed by atoms with van der Waals surface area (Å²) in [6.07, 6.45) is -1.15. The van der Waals surface area contributed by atoms with Crippen molar-refractivity contribution in [3.05, 3.63) is 65.7 Å². The van der Waals surface area contributed by atoms with Crippen molar-refractivity contribution in [2.75, 3.05) is 5.73 Å². The van der Waals surface area contributed by atoms with Crippen molar-refractivity contribution in [2.24, 2.45) is 0 Å². The molecule has 1 unspecified atom stereocenters.